The average Bonchev–Trinajstić information content (AvgIpc) is 2.70. The summed E-state index contributed by atoms with van der Waals surface area (Å²) in [5.74, 6) is 0.301. The van der Waals surface area contributed by atoms with Crippen LogP contribution in [0.15, 0.2) is 33.9 Å². The Hall–Kier alpha value is -1.73. The van der Waals surface area contributed by atoms with Crippen LogP contribution < -0.4 is 0 Å². The van der Waals surface area contributed by atoms with E-state index in [9.17, 15) is 8.42 Å². The lowest BCUT2D eigenvalue weighted by Gasteiger charge is -2.16. The van der Waals surface area contributed by atoms with Crippen molar-refractivity contribution in [2.45, 2.75) is 25.3 Å². The van der Waals surface area contributed by atoms with Gasteiger partial charge in [0.25, 0.3) is 0 Å². The molecule has 7 heteroatoms. The predicted molar refractivity (Wildman–Crippen MR) is 68.9 cm³/mol. The third-order valence-corrected chi connectivity index (χ3v) is 4.81. The van der Waals surface area contributed by atoms with E-state index >= 15 is 0 Å². The van der Waals surface area contributed by atoms with Crippen LogP contribution in [0.2, 0.25) is 0 Å². The lowest BCUT2D eigenvalue weighted by molar-refractivity contribution is 0.389. The van der Waals surface area contributed by atoms with E-state index in [0.29, 0.717) is 11.5 Å². The second kappa shape index (κ2) is 5.10. The molecule has 2 aromatic rings. The van der Waals surface area contributed by atoms with E-state index in [0.717, 1.165) is 5.56 Å². The van der Waals surface area contributed by atoms with E-state index in [1.165, 1.54) is 11.4 Å². The Morgan fingerprint density at radius 3 is 2.63 bits per heavy atom. The lowest BCUT2D eigenvalue weighted by atomic mass is 10.3. The summed E-state index contributed by atoms with van der Waals surface area (Å²) < 4.78 is 31.1. The number of sulfonamides is 1. The molecule has 0 unspecified atom stereocenters. The minimum Gasteiger partial charge on any atom is -0.360 e. The fourth-order valence-electron chi connectivity index (χ4n) is 1.83. The molecule has 0 amide bonds. The van der Waals surface area contributed by atoms with Crippen LogP contribution in [0.1, 0.15) is 17.0 Å². The molecule has 0 atom stereocenters. The van der Waals surface area contributed by atoms with Gasteiger partial charge in [0.2, 0.25) is 10.0 Å². The number of hydrogen-bond donors (Lipinski definition) is 0. The van der Waals surface area contributed by atoms with Crippen molar-refractivity contribution in [3.8, 4) is 0 Å². The normalized spacial score (nSPS) is 12.0. The van der Waals surface area contributed by atoms with E-state index in [2.05, 4.69) is 10.1 Å². The second-order valence-corrected chi connectivity index (χ2v) is 6.26. The Morgan fingerprint density at radius 1 is 1.37 bits per heavy atom. The lowest BCUT2D eigenvalue weighted by Crippen LogP contribution is -2.27. The van der Waals surface area contributed by atoms with Crippen LogP contribution in [-0.2, 0) is 16.6 Å². The zero-order valence-corrected chi connectivity index (χ0v) is 11.8. The average molecular weight is 281 g/mol. The van der Waals surface area contributed by atoms with Crippen LogP contribution in [0.25, 0.3) is 0 Å². The molecule has 0 N–H and O–H groups in total. The quantitative estimate of drug-likeness (QED) is 0.849. The molecule has 0 aromatic carbocycles. The molecule has 0 bridgehead atoms. The number of nitrogens with zero attached hydrogens (tertiary/aromatic N) is 3. The molecule has 0 aliphatic rings. The molecule has 19 heavy (non-hydrogen) atoms. The maximum Gasteiger partial charge on any atom is 0.248 e. The van der Waals surface area contributed by atoms with E-state index in [-0.39, 0.29) is 11.4 Å². The maximum absolute atomic E-state index is 12.4. The molecule has 2 rings (SSSR count). The Balaban J connectivity index is 2.30. The molecule has 0 saturated heterocycles. The fourth-order valence-corrected chi connectivity index (χ4v) is 3.27. The molecule has 102 valence electrons. The molecule has 0 aliphatic carbocycles. The topological polar surface area (TPSA) is 76.3 Å². The molecule has 0 saturated carbocycles. The zero-order chi connectivity index (χ0) is 14.0. The molecule has 2 heterocycles. The molecule has 6 nitrogen and oxygen atoms in total. The molecular weight excluding hydrogens is 266 g/mol. The van der Waals surface area contributed by atoms with Crippen LogP contribution in [0.3, 0.4) is 0 Å². The van der Waals surface area contributed by atoms with Gasteiger partial charge in [0.1, 0.15) is 10.6 Å². The molecule has 0 radical (unpaired) electrons. The van der Waals surface area contributed by atoms with Gasteiger partial charge in [0.05, 0.1) is 0 Å². The van der Waals surface area contributed by atoms with Crippen molar-refractivity contribution >= 4 is 10.0 Å². The van der Waals surface area contributed by atoms with Crippen molar-refractivity contribution in [2.24, 2.45) is 0 Å². The number of hydrogen-bond acceptors (Lipinski definition) is 5. The van der Waals surface area contributed by atoms with Gasteiger partial charge >= 0.3 is 0 Å². The smallest absolute Gasteiger partial charge is 0.248 e. The van der Waals surface area contributed by atoms with Crippen LogP contribution in [0.4, 0.5) is 0 Å². The monoisotopic (exact) mass is 281 g/mol. The molecule has 0 fully saturated rings. The maximum atomic E-state index is 12.4. The summed E-state index contributed by atoms with van der Waals surface area (Å²) in [6.45, 7) is 3.45. The van der Waals surface area contributed by atoms with Gasteiger partial charge in [-0.2, -0.15) is 4.31 Å². The third kappa shape index (κ3) is 2.66. The fraction of sp³-hybridized carbons (Fsp3) is 0.333. The van der Waals surface area contributed by atoms with Gasteiger partial charge in [0.15, 0.2) is 5.76 Å². The minimum atomic E-state index is -3.61. The van der Waals surface area contributed by atoms with Gasteiger partial charge in [-0.3, -0.25) is 4.98 Å². The Labute approximate surface area is 112 Å². The summed E-state index contributed by atoms with van der Waals surface area (Å²) in [6.07, 6.45) is 3.28. The van der Waals surface area contributed by atoms with Crippen molar-refractivity contribution in [2.75, 3.05) is 7.05 Å². The molecule has 0 aliphatic heterocycles. The van der Waals surface area contributed by atoms with E-state index in [4.69, 9.17) is 4.52 Å². The summed E-state index contributed by atoms with van der Waals surface area (Å²) >= 11 is 0. The first-order valence-corrected chi connectivity index (χ1v) is 7.15. The van der Waals surface area contributed by atoms with Crippen LogP contribution in [0.5, 0.6) is 0 Å². The first-order valence-electron chi connectivity index (χ1n) is 5.71. The van der Waals surface area contributed by atoms with Gasteiger partial charge in [-0.1, -0.05) is 11.2 Å². The summed E-state index contributed by atoms with van der Waals surface area (Å²) in [7, 11) is -2.08. The van der Waals surface area contributed by atoms with E-state index in [1.807, 2.05) is 6.07 Å². The second-order valence-electron chi connectivity index (χ2n) is 4.28. The highest BCUT2D eigenvalue weighted by atomic mass is 32.2. The van der Waals surface area contributed by atoms with Crippen molar-refractivity contribution in [3.05, 3.63) is 41.5 Å². The number of pyridine rings is 1. The van der Waals surface area contributed by atoms with Crippen molar-refractivity contribution in [1.82, 2.24) is 14.4 Å². The first kappa shape index (κ1) is 13.7. The standard InChI is InChI=1S/C12H15N3O3S/c1-9-12(10(2)18-14-9)19(16,17)15(3)8-11-5-4-6-13-7-11/h4-7H,8H2,1-3H3. The summed E-state index contributed by atoms with van der Waals surface area (Å²) in [5, 5.41) is 3.68. The highest BCUT2D eigenvalue weighted by molar-refractivity contribution is 7.89. The third-order valence-electron chi connectivity index (χ3n) is 2.76. The summed E-state index contributed by atoms with van der Waals surface area (Å²) in [6, 6.07) is 3.60. The number of rotatable bonds is 4. The van der Waals surface area contributed by atoms with Crippen molar-refractivity contribution in [1.29, 1.82) is 0 Å². The SMILES string of the molecule is Cc1noc(C)c1S(=O)(=O)N(C)Cc1cccnc1. The van der Waals surface area contributed by atoms with Crippen LogP contribution >= 0.6 is 0 Å². The van der Waals surface area contributed by atoms with Gasteiger partial charge in [-0.25, -0.2) is 8.42 Å². The largest absolute Gasteiger partial charge is 0.360 e. The number of aryl methyl sites for hydroxylation is 2. The zero-order valence-electron chi connectivity index (χ0n) is 11.0. The van der Waals surface area contributed by atoms with Gasteiger partial charge in [0, 0.05) is 26.0 Å². The number of aromatic nitrogens is 2. The first-order chi connectivity index (χ1) is 8.93. The molecule has 2 aromatic heterocycles. The summed E-state index contributed by atoms with van der Waals surface area (Å²) in [5.41, 5.74) is 1.19. The highest BCUT2D eigenvalue weighted by Crippen LogP contribution is 2.23. The summed E-state index contributed by atoms with van der Waals surface area (Å²) in [4.78, 5) is 4.10. The van der Waals surface area contributed by atoms with Crippen molar-refractivity contribution in [3.63, 3.8) is 0 Å². The van der Waals surface area contributed by atoms with Crippen molar-refractivity contribution < 1.29 is 12.9 Å². The van der Waals surface area contributed by atoms with Gasteiger partial charge < -0.3 is 4.52 Å². The highest BCUT2D eigenvalue weighted by Gasteiger charge is 2.28. The molecule has 0 spiro atoms. The Morgan fingerprint density at radius 2 is 2.11 bits per heavy atom. The predicted octanol–water partition coefficient (Wildman–Crippen LogP) is 1.51. The van der Waals surface area contributed by atoms with Gasteiger partial charge in [-0.15, -0.1) is 0 Å². The Kier molecular flexibility index (Phi) is 3.68. The van der Waals surface area contributed by atoms with Gasteiger partial charge in [-0.05, 0) is 25.5 Å². The van der Waals surface area contributed by atoms with Crippen LogP contribution in [-0.4, -0.2) is 29.9 Å². The molecular formula is C12H15N3O3S. The van der Waals surface area contributed by atoms with Crippen LogP contribution in [0, 0.1) is 13.8 Å². The minimum absolute atomic E-state index is 0.138. The Bertz CT molecular complexity index is 645. The van der Waals surface area contributed by atoms with E-state index < -0.39 is 10.0 Å². The van der Waals surface area contributed by atoms with E-state index in [1.54, 1.807) is 32.3 Å².